The first-order chi connectivity index (χ1) is 11.7. The number of hydrogen-bond donors (Lipinski definition) is 2. The van der Waals surface area contributed by atoms with Gasteiger partial charge in [-0.3, -0.25) is 10.2 Å². The van der Waals surface area contributed by atoms with Gasteiger partial charge in [-0.05, 0) is 45.5 Å². The lowest BCUT2D eigenvalue weighted by Crippen LogP contribution is -2.45. The number of aryl methyl sites for hydroxylation is 1. The SMILES string of the molecule is Cc1ccc(-c2csc(=S)n2CC(=O)NNC(=O)OC(C)(C)C)cc1. The monoisotopic (exact) mass is 379 g/mol. The Morgan fingerprint density at radius 2 is 1.84 bits per heavy atom. The molecule has 1 heterocycles. The third-order valence-corrected chi connectivity index (χ3v) is 4.41. The molecule has 0 spiro atoms. The van der Waals surface area contributed by atoms with Crippen LogP contribution >= 0.6 is 23.6 Å². The van der Waals surface area contributed by atoms with E-state index in [-0.39, 0.29) is 6.54 Å². The first-order valence-electron chi connectivity index (χ1n) is 7.69. The van der Waals surface area contributed by atoms with Gasteiger partial charge in [0.2, 0.25) is 0 Å². The zero-order chi connectivity index (χ0) is 18.6. The Morgan fingerprint density at radius 3 is 2.44 bits per heavy atom. The van der Waals surface area contributed by atoms with Crippen molar-refractivity contribution in [1.29, 1.82) is 0 Å². The van der Waals surface area contributed by atoms with Gasteiger partial charge in [0.25, 0.3) is 5.91 Å². The maximum Gasteiger partial charge on any atom is 0.426 e. The van der Waals surface area contributed by atoms with Crippen LogP contribution in [0.25, 0.3) is 11.3 Å². The molecule has 0 aliphatic heterocycles. The number of amides is 2. The number of nitrogens with zero attached hydrogens (tertiary/aromatic N) is 1. The van der Waals surface area contributed by atoms with Crippen molar-refractivity contribution < 1.29 is 14.3 Å². The molecule has 2 amide bonds. The fourth-order valence-corrected chi connectivity index (χ4v) is 3.11. The first-order valence-corrected chi connectivity index (χ1v) is 8.98. The van der Waals surface area contributed by atoms with Crippen LogP contribution < -0.4 is 10.9 Å². The van der Waals surface area contributed by atoms with E-state index in [1.807, 2.05) is 36.6 Å². The van der Waals surface area contributed by atoms with E-state index in [1.165, 1.54) is 11.3 Å². The normalized spacial score (nSPS) is 11.0. The van der Waals surface area contributed by atoms with Crippen LogP contribution in [0.4, 0.5) is 4.79 Å². The van der Waals surface area contributed by atoms with Gasteiger partial charge in [-0.1, -0.05) is 29.8 Å². The van der Waals surface area contributed by atoms with Crippen molar-refractivity contribution in [3.05, 3.63) is 39.2 Å². The second-order valence-electron chi connectivity index (χ2n) is 6.51. The van der Waals surface area contributed by atoms with Gasteiger partial charge in [0.15, 0.2) is 3.95 Å². The maximum absolute atomic E-state index is 12.1. The molecule has 2 aromatic rings. The first kappa shape index (κ1) is 19.1. The molecular weight excluding hydrogens is 358 g/mol. The zero-order valence-electron chi connectivity index (χ0n) is 14.6. The summed E-state index contributed by atoms with van der Waals surface area (Å²) in [5.41, 5.74) is 6.93. The summed E-state index contributed by atoms with van der Waals surface area (Å²) in [6, 6.07) is 7.98. The fraction of sp³-hybridized carbons (Fsp3) is 0.353. The molecule has 1 aromatic carbocycles. The molecule has 1 aromatic heterocycles. The zero-order valence-corrected chi connectivity index (χ0v) is 16.2. The third kappa shape index (κ3) is 5.68. The minimum absolute atomic E-state index is 0.00133. The van der Waals surface area contributed by atoms with E-state index in [0.29, 0.717) is 3.95 Å². The second kappa shape index (κ2) is 7.79. The van der Waals surface area contributed by atoms with E-state index in [1.54, 1.807) is 25.3 Å². The van der Waals surface area contributed by atoms with E-state index < -0.39 is 17.6 Å². The fourth-order valence-electron chi connectivity index (χ4n) is 2.04. The third-order valence-electron chi connectivity index (χ3n) is 3.13. The number of hydrogen-bond acceptors (Lipinski definition) is 5. The summed E-state index contributed by atoms with van der Waals surface area (Å²) in [4.78, 5) is 23.7. The molecule has 0 bridgehead atoms. The summed E-state index contributed by atoms with van der Waals surface area (Å²) in [6.07, 6.45) is -0.714. The molecule has 2 rings (SSSR count). The van der Waals surface area contributed by atoms with Gasteiger partial charge >= 0.3 is 6.09 Å². The molecule has 0 atom stereocenters. The van der Waals surface area contributed by atoms with Crippen LogP contribution in [0.5, 0.6) is 0 Å². The second-order valence-corrected chi connectivity index (χ2v) is 8.02. The molecular formula is C17H21N3O3S2. The van der Waals surface area contributed by atoms with E-state index in [9.17, 15) is 9.59 Å². The van der Waals surface area contributed by atoms with Crippen molar-refractivity contribution in [2.24, 2.45) is 0 Å². The summed E-state index contributed by atoms with van der Waals surface area (Å²) < 4.78 is 7.38. The number of nitrogens with one attached hydrogen (secondary N) is 2. The van der Waals surface area contributed by atoms with Crippen molar-refractivity contribution in [3.8, 4) is 11.3 Å². The van der Waals surface area contributed by atoms with Crippen molar-refractivity contribution in [3.63, 3.8) is 0 Å². The van der Waals surface area contributed by atoms with Crippen LogP contribution in [0, 0.1) is 10.9 Å². The quantitative estimate of drug-likeness (QED) is 0.628. The number of carbonyl (C=O) groups is 2. The molecule has 134 valence electrons. The Bertz CT molecular complexity index is 817. The highest BCUT2D eigenvalue weighted by Gasteiger charge is 2.17. The van der Waals surface area contributed by atoms with Gasteiger partial charge in [0.05, 0.1) is 5.69 Å². The van der Waals surface area contributed by atoms with E-state index >= 15 is 0 Å². The lowest BCUT2D eigenvalue weighted by Gasteiger charge is -2.19. The van der Waals surface area contributed by atoms with E-state index in [4.69, 9.17) is 17.0 Å². The highest BCUT2D eigenvalue weighted by atomic mass is 32.1. The summed E-state index contributed by atoms with van der Waals surface area (Å²) in [5.74, 6) is -0.395. The van der Waals surface area contributed by atoms with Crippen LogP contribution in [-0.4, -0.2) is 22.2 Å². The van der Waals surface area contributed by atoms with Gasteiger partial charge < -0.3 is 9.30 Å². The molecule has 8 heteroatoms. The Kier molecular flexibility index (Phi) is 5.97. The van der Waals surface area contributed by atoms with Gasteiger partial charge in [-0.25, -0.2) is 10.2 Å². The minimum Gasteiger partial charge on any atom is -0.443 e. The van der Waals surface area contributed by atoms with Crippen molar-refractivity contribution >= 4 is 35.6 Å². The minimum atomic E-state index is -0.714. The standard InChI is InChI=1S/C17H21N3O3S2/c1-11-5-7-12(8-6-11)13-10-25-16(24)20(13)9-14(21)18-19-15(22)23-17(2,3)4/h5-8,10H,9H2,1-4H3,(H,18,21)(H,19,22). The molecule has 25 heavy (non-hydrogen) atoms. The van der Waals surface area contributed by atoms with Gasteiger partial charge in [0, 0.05) is 5.38 Å². The average Bonchev–Trinajstić information content (AvgIpc) is 2.86. The molecule has 0 saturated heterocycles. The predicted molar refractivity (Wildman–Crippen MR) is 101 cm³/mol. The number of benzene rings is 1. The summed E-state index contributed by atoms with van der Waals surface area (Å²) >= 11 is 6.70. The van der Waals surface area contributed by atoms with E-state index in [2.05, 4.69) is 10.9 Å². The Hall–Kier alpha value is -2.19. The highest BCUT2D eigenvalue weighted by molar-refractivity contribution is 7.73. The van der Waals surface area contributed by atoms with Crippen molar-refractivity contribution in [2.75, 3.05) is 0 Å². The summed E-state index contributed by atoms with van der Waals surface area (Å²) in [7, 11) is 0. The summed E-state index contributed by atoms with van der Waals surface area (Å²) in [6.45, 7) is 7.24. The maximum atomic E-state index is 12.1. The number of aromatic nitrogens is 1. The number of carbonyl (C=O) groups excluding carboxylic acids is 2. The van der Waals surface area contributed by atoms with E-state index in [0.717, 1.165) is 16.8 Å². The van der Waals surface area contributed by atoms with Crippen molar-refractivity contribution in [2.45, 2.75) is 39.8 Å². The average molecular weight is 380 g/mol. The number of hydrazine groups is 1. The molecule has 0 aliphatic rings. The van der Waals surface area contributed by atoms with Crippen LogP contribution in [-0.2, 0) is 16.1 Å². The molecule has 0 saturated carbocycles. The number of rotatable bonds is 3. The topological polar surface area (TPSA) is 72.4 Å². The molecule has 0 unspecified atom stereocenters. The van der Waals surface area contributed by atoms with Crippen LogP contribution in [0.15, 0.2) is 29.6 Å². The largest absolute Gasteiger partial charge is 0.443 e. The molecule has 0 radical (unpaired) electrons. The molecule has 6 nitrogen and oxygen atoms in total. The van der Waals surface area contributed by atoms with Gasteiger partial charge in [0.1, 0.15) is 12.1 Å². The van der Waals surface area contributed by atoms with Gasteiger partial charge in [-0.15, -0.1) is 11.3 Å². The van der Waals surface area contributed by atoms with Crippen LogP contribution in [0.1, 0.15) is 26.3 Å². The highest BCUT2D eigenvalue weighted by Crippen LogP contribution is 2.24. The molecule has 0 aliphatic carbocycles. The number of ether oxygens (including phenoxy) is 1. The number of thiazole rings is 1. The smallest absolute Gasteiger partial charge is 0.426 e. The summed E-state index contributed by atoms with van der Waals surface area (Å²) in [5, 5.41) is 1.92. The van der Waals surface area contributed by atoms with Crippen molar-refractivity contribution in [1.82, 2.24) is 15.4 Å². The lowest BCUT2D eigenvalue weighted by atomic mass is 10.1. The lowest BCUT2D eigenvalue weighted by molar-refractivity contribution is -0.122. The Balaban J connectivity index is 2.04. The molecule has 2 N–H and O–H groups in total. The van der Waals surface area contributed by atoms with Gasteiger partial charge in [-0.2, -0.15) is 0 Å². The molecule has 0 fully saturated rings. The Morgan fingerprint density at radius 1 is 1.20 bits per heavy atom. The van der Waals surface area contributed by atoms with Crippen LogP contribution in [0.3, 0.4) is 0 Å². The Labute approximate surface area is 155 Å². The van der Waals surface area contributed by atoms with Crippen LogP contribution in [0.2, 0.25) is 0 Å². The predicted octanol–water partition coefficient (Wildman–Crippen LogP) is 3.81.